The van der Waals surface area contributed by atoms with Gasteiger partial charge in [-0.25, -0.2) is 13.2 Å². The number of carbonyl (C=O) groups is 1. The van der Waals surface area contributed by atoms with Gasteiger partial charge in [-0.05, 0) is 35.4 Å². The number of sulfone groups is 1. The zero-order valence-corrected chi connectivity index (χ0v) is 16.5. The highest BCUT2D eigenvalue weighted by molar-refractivity contribution is 7.90. The van der Waals surface area contributed by atoms with Gasteiger partial charge in [-0.2, -0.15) is 0 Å². The average molecular weight is 421 g/mol. The fourth-order valence-electron chi connectivity index (χ4n) is 3.48. The zero-order valence-electron chi connectivity index (χ0n) is 15.0. The molecule has 2 aromatic rings. The van der Waals surface area contributed by atoms with Crippen molar-refractivity contribution in [1.29, 1.82) is 0 Å². The van der Waals surface area contributed by atoms with Crippen LogP contribution < -0.4 is 0 Å². The Morgan fingerprint density at radius 3 is 2.07 bits per heavy atom. The van der Waals surface area contributed by atoms with E-state index in [-0.39, 0.29) is 24.9 Å². The van der Waals surface area contributed by atoms with Gasteiger partial charge >= 0.3 is 5.97 Å². The molecule has 0 unspecified atom stereocenters. The van der Waals surface area contributed by atoms with Crippen LogP contribution in [0.2, 0.25) is 5.02 Å². The van der Waals surface area contributed by atoms with Crippen molar-refractivity contribution in [3.63, 3.8) is 0 Å². The maximum absolute atomic E-state index is 12.8. The number of benzene rings is 2. The number of rotatable bonds is 3. The van der Waals surface area contributed by atoms with Crippen molar-refractivity contribution in [2.24, 2.45) is 0 Å². The van der Waals surface area contributed by atoms with Crippen molar-refractivity contribution in [3.05, 3.63) is 64.7 Å². The molecule has 0 aromatic heterocycles. The standard InChI is InChI=1S/C20H17ClO6S/c1-28(23,24)16-8-4-14(5-9-16)18-17(13-2-6-15(21)7-3-13)19(22)27-20(18)10-25-12-26-11-20/h2-9H,10-12H2,1H3. The van der Waals surface area contributed by atoms with Crippen LogP contribution in [-0.2, 0) is 28.8 Å². The van der Waals surface area contributed by atoms with Gasteiger partial charge in [-0.15, -0.1) is 0 Å². The van der Waals surface area contributed by atoms with Crippen LogP contribution in [-0.4, -0.2) is 46.3 Å². The second kappa shape index (κ2) is 7.00. The fraction of sp³-hybridized carbons (Fsp3) is 0.250. The number of esters is 1. The van der Waals surface area contributed by atoms with Crippen LogP contribution in [0.1, 0.15) is 11.1 Å². The molecule has 28 heavy (non-hydrogen) atoms. The van der Waals surface area contributed by atoms with E-state index in [0.29, 0.717) is 27.3 Å². The van der Waals surface area contributed by atoms with Gasteiger partial charge in [0.2, 0.25) is 0 Å². The lowest BCUT2D eigenvalue weighted by atomic mass is 9.85. The first-order valence-electron chi connectivity index (χ1n) is 8.50. The molecule has 1 spiro atoms. The monoisotopic (exact) mass is 420 g/mol. The summed E-state index contributed by atoms with van der Waals surface area (Å²) in [5.74, 6) is -0.487. The molecule has 0 amide bonds. The van der Waals surface area contributed by atoms with Gasteiger partial charge in [0, 0.05) is 16.9 Å². The molecule has 0 bridgehead atoms. The van der Waals surface area contributed by atoms with Crippen molar-refractivity contribution in [3.8, 4) is 0 Å². The van der Waals surface area contributed by atoms with Crippen molar-refractivity contribution in [2.45, 2.75) is 10.5 Å². The molecule has 2 heterocycles. The van der Waals surface area contributed by atoms with Crippen LogP contribution in [0.15, 0.2) is 53.4 Å². The van der Waals surface area contributed by atoms with E-state index in [2.05, 4.69) is 0 Å². The molecule has 4 rings (SSSR count). The Balaban J connectivity index is 1.91. The maximum atomic E-state index is 12.8. The summed E-state index contributed by atoms with van der Waals surface area (Å²) in [7, 11) is -3.34. The van der Waals surface area contributed by atoms with Crippen LogP contribution in [0.25, 0.3) is 11.1 Å². The van der Waals surface area contributed by atoms with Crippen LogP contribution in [0, 0.1) is 0 Å². The Morgan fingerprint density at radius 1 is 0.929 bits per heavy atom. The molecule has 0 N–H and O–H groups in total. The quantitative estimate of drug-likeness (QED) is 0.710. The van der Waals surface area contributed by atoms with Gasteiger partial charge in [0.05, 0.1) is 23.7 Å². The van der Waals surface area contributed by atoms with E-state index in [4.69, 9.17) is 25.8 Å². The number of hydrogen-bond acceptors (Lipinski definition) is 6. The largest absolute Gasteiger partial charge is 0.446 e. The summed E-state index contributed by atoms with van der Waals surface area (Å²) in [4.78, 5) is 13.0. The minimum atomic E-state index is -3.34. The molecule has 0 aliphatic carbocycles. The minimum absolute atomic E-state index is 0.121. The van der Waals surface area contributed by atoms with Gasteiger partial charge in [0.15, 0.2) is 15.4 Å². The summed E-state index contributed by atoms with van der Waals surface area (Å²) < 4.78 is 40.2. The normalized spacial score (nSPS) is 19.1. The van der Waals surface area contributed by atoms with E-state index in [1.807, 2.05) is 0 Å². The van der Waals surface area contributed by atoms with Crippen LogP contribution in [0.5, 0.6) is 0 Å². The molecular weight excluding hydrogens is 404 g/mol. The molecule has 2 aliphatic heterocycles. The number of ether oxygens (including phenoxy) is 3. The summed E-state index contributed by atoms with van der Waals surface area (Å²) in [6.07, 6.45) is 1.15. The molecule has 6 nitrogen and oxygen atoms in total. The van der Waals surface area contributed by atoms with E-state index in [1.54, 1.807) is 36.4 Å². The average Bonchev–Trinajstić information content (AvgIpc) is 2.94. The topological polar surface area (TPSA) is 78.9 Å². The smallest absolute Gasteiger partial charge is 0.340 e. The molecule has 0 saturated carbocycles. The second-order valence-electron chi connectivity index (χ2n) is 6.75. The third-order valence-electron chi connectivity index (χ3n) is 4.74. The molecule has 0 atom stereocenters. The summed E-state index contributed by atoms with van der Waals surface area (Å²) in [5, 5.41) is 0.550. The van der Waals surface area contributed by atoms with Crippen molar-refractivity contribution in [2.75, 3.05) is 26.3 Å². The summed E-state index contributed by atoms with van der Waals surface area (Å²) in [5.41, 5.74) is 1.23. The van der Waals surface area contributed by atoms with Crippen LogP contribution in [0.4, 0.5) is 0 Å². The predicted molar refractivity (Wildman–Crippen MR) is 103 cm³/mol. The number of hydrogen-bond donors (Lipinski definition) is 0. The van der Waals surface area contributed by atoms with Gasteiger partial charge in [-0.3, -0.25) is 0 Å². The summed E-state index contributed by atoms with van der Waals surface area (Å²) in [6.45, 7) is 0.424. The molecule has 1 fully saturated rings. The lowest BCUT2D eigenvalue weighted by molar-refractivity contribution is -0.194. The highest BCUT2D eigenvalue weighted by Crippen LogP contribution is 2.45. The van der Waals surface area contributed by atoms with Gasteiger partial charge in [-0.1, -0.05) is 35.9 Å². The van der Waals surface area contributed by atoms with Gasteiger partial charge in [0.25, 0.3) is 0 Å². The first kappa shape index (κ1) is 19.1. The third kappa shape index (κ3) is 3.35. The molecule has 146 valence electrons. The van der Waals surface area contributed by atoms with Gasteiger partial charge in [0.1, 0.15) is 6.79 Å². The zero-order chi connectivity index (χ0) is 19.9. The lowest BCUT2D eigenvalue weighted by Gasteiger charge is -2.34. The highest BCUT2D eigenvalue weighted by atomic mass is 35.5. The molecule has 8 heteroatoms. The summed E-state index contributed by atoms with van der Waals surface area (Å²) >= 11 is 5.98. The van der Waals surface area contributed by atoms with E-state index in [0.717, 1.165) is 6.26 Å². The van der Waals surface area contributed by atoms with E-state index in [9.17, 15) is 13.2 Å². The van der Waals surface area contributed by atoms with Crippen molar-refractivity contribution < 1.29 is 27.4 Å². The predicted octanol–water partition coefficient (Wildman–Crippen LogP) is 2.95. The number of carbonyl (C=O) groups excluding carboxylic acids is 1. The second-order valence-corrected chi connectivity index (χ2v) is 9.20. The fourth-order valence-corrected chi connectivity index (χ4v) is 4.24. The van der Waals surface area contributed by atoms with Crippen molar-refractivity contribution in [1.82, 2.24) is 0 Å². The lowest BCUT2D eigenvalue weighted by Crippen LogP contribution is -2.45. The number of halogens is 1. The Hall–Kier alpha value is -2.19. The minimum Gasteiger partial charge on any atom is -0.446 e. The molecule has 2 aliphatic rings. The van der Waals surface area contributed by atoms with E-state index < -0.39 is 21.4 Å². The molecule has 1 saturated heterocycles. The van der Waals surface area contributed by atoms with Crippen LogP contribution in [0.3, 0.4) is 0 Å². The third-order valence-corrected chi connectivity index (χ3v) is 6.12. The molecular formula is C20H17ClO6S. The van der Waals surface area contributed by atoms with E-state index >= 15 is 0 Å². The van der Waals surface area contributed by atoms with Gasteiger partial charge < -0.3 is 14.2 Å². The Bertz CT molecular complexity index is 1050. The first-order chi connectivity index (χ1) is 13.3. The Morgan fingerprint density at radius 2 is 1.50 bits per heavy atom. The maximum Gasteiger partial charge on any atom is 0.340 e. The Kier molecular flexibility index (Phi) is 4.79. The first-order valence-corrected chi connectivity index (χ1v) is 10.8. The van der Waals surface area contributed by atoms with E-state index in [1.165, 1.54) is 12.1 Å². The molecule has 0 radical (unpaired) electrons. The molecule has 2 aromatic carbocycles. The van der Waals surface area contributed by atoms with Crippen LogP contribution >= 0.6 is 11.6 Å². The van der Waals surface area contributed by atoms with Crippen molar-refractivity contribution >= 4 is 38.6 Å². The highest BCUT2D eigenvalue weighted by Gasteiger charge is 2.50. The summed E-state index contributed by atoms with van der Waals surface area (Å²) in [6, 6.07) is 13.2. The Labute approximate surface area is 167 Å². The SMILES string of the molecule is CS(=O)(=O)c1ccc(C2=C(c3ccc(Cl)cc3)C(=O)OC23COCOC3)cc1.